The molecule has 0 aliphatic carbocycles. The van der Waals surface area contributed by atoms with Gasteiger partial charge in [-0.05, 0) is 30.5 Å². The summed E-state index contributed by atoms with van der Waals surface area (Å²) < 4.78 is 38.4. The number of unbranched alkanes of at least 4 members (excludes halogenated alkanes) is 3. The van der Waals surface area contributed by atoms with E-state index in [-0.39, 0.29) is 40.2 Å². The van der Waals surface area contributed by atoms with E-state index in [0.29, 0.717) is 5.56 Å². The van der Waals surface area contributed by atoms with Crippen molar-refractivity contribution >= 4 is 72.6 Å². The van der Waals surface area contributed by atoms with Gasteiger partial charge in [0.1, 0.15) is 14.5 Å². The zero-order valence-corrected chi connectivity index (χ0v) is 19.8. The van der Waals surface area contributed by atoms with Gasteiger partial charge >= 0.3 is 0 Å². The number of methoxy groups -OCH3 is 1. The third-order valence-corrected chi connectivity index (χ3v) is 7.74. The molecule has 0 atom stereocenters. The summed E-state index contributed by atoms with van der Waals surface area (Å²) in [6.45, 7) is 2.17. The van der Waals surface area contributed by atoms with Crippen molar-refractivity contribution in [1.29, 1.82) is 0 Å². The minimum atomic E-state index is -4.36. The molecule has 0 amide bonds. The molecule has 2 aromatic rings. The largest absolute Gasteiger partial charge is 0.495 e. The van der Waals surface area contributed by atoms with Gasteiger partial charge in [-0.25, -0.2) is 0 Å². The average Bonchev–Trinajstić information content (AvgIpc) is 2.91. The normalized spacial score (nSPS) is 11.2. The summed E-state index contributed by atoms with van der Waals surface area (Å²) in [6, 6.07) is 4.78. The van der Waals surface area contributed by atoms with Crippen LogP contribution in [0.1, 0.15) is 37.5 Å². The molecular weight excluding hydrogens is 407 g/mol. The Kier molecular flexibility index (Phi) is 9.77. The van der Waals surface area contributed by atoms with E-state index in [0.717, 1.165) is 22.2 Å². The van der Waals surface area contributed by atoms with Crippen molar-refractivity contribution in [2.75, 3.05) is 7.11 Å². The van der Waals surface area contributed by atoms with Gasteiger partial charge in [-0.3, -0.25) is 4.55 Å². The van der Waals surface area contributed by atoms with Crippen LogP contribution in [-0.4, -0.2) is 49.6 Å². The molecular formula is C16H20NaO4S4. The van der Waals surface area contributed by atoms with Gasteiger partial charge < -0.3 is 4.74 Å². The van der Waals surface area contributed by atoms with E-state index in [1.54, 1.807) is 22.5 Å². The number of aryl methyl sites for hydroxylation is 1. The average molecular weight is 428 g/mol. The third-order valence-electron chi connectivity index (χ3n) is 3.69. The van der Waals surface area contributed by atoms with E-state index in [1.165, 1.54) is 47.7 Å². The molecule has 1 heterocycles. The molecule has 1 radical (unpaired) electrons. The first-order valence-corrected chi connectivity index (χ1v) is 11.7. The zero-order valence-electron chi connectivity index (χ0n) is 14.6. The Morgan fingerprint density at radius 3 is 2.52 bits per heavy atom. The van der Waals surface area contributed by atoms with Crippen molar-refractivity contribution in [2.45, 2.75) is 43.9 Å². The van der Waals surface area contributed by atoms with E-state index in [1.807, 2.05) is 0 Å². The molecule has 4 nitrogen and oxygen atoms in total. The van der Waals surface area contributed by atoms with Gasteiger partial charge in [-0.2, -0.15) is 8.42 Å². The van der Waals surface area contributed by atoms with E-state index in [4.69, 9.17) is 17.0 Å². The molecule has 1 N–H and O–H groups in total. The molecule has 9 heteroatoms. The Labute approximate surface area is 183 Å². The maximum absolute atomic E-state index is 11.6. The van der Waals surface area contributed by atoms with E-state index in [2.05, 4.69) is 6.92 Å². The monoisotopic (exact) mass is 427 g/mol. The summed E-state index contributed by atoms with van der Waals surface area (Å²) in [6.07, 6.45) is 5.58. The van der Waals surface area contributed by atoms with Crippen LogP contribution in [0.2, 0.25) is 0 Å². The van der Waals surface area contributed by atoms with Crippen LogP contribution < -0.4 is 4.74 Å². The minimum Gasteiger partial charge on any atom is -0.495 e. The Morgan fingerprint density at radius 2 is 1.92 bits per heavy atom. The smallest absolute Gasteiger partial charge is 0.298 e. The summed E-state index contributed by atoms with van der Waals surface area (Å²) in [5.74, 6) is 0.121. The van der Waals surface area contributed by atoms with Gasteiger partial charge in [-0.15, -0.1) is 0 Å². The number of ether oxygens (including phenoxy) is 1. The predicted molar refractivity (Wildman–Crippen MR) is 108 cm³/mol. The van der Waals surface area contributed by atoms with Crippen LogP contribution in [-0.2, 0) is 16.5 Å². The van der Waals surface area contributed by atoms with Gasteiger partial charge in [0.2, 0.25) is 0 Å². The Morgan fingerprint density at radius 1 is 1.20 bits per heavy atom. The molecule has 0 aliphatic heterocycles. The fourth-order valence-electron chi connectivity index (χ4n) is 2.48. The predicted octanol–water partition coefficient (Wildman–Crippen LogP) is 5.20. The van der Waals surface area contributed by atoms with Crippen LogP contribution in [0.3, 0.4) is 0 Å². The first kappa shape index (κ1) is 23.2. The second kappa shape index (κ2) is 10.5. The number of hydrogen-bond donors (Lipinski definition) is 1. The minimum absolute atomic E-state index is 0. The van der Waals surface area contributed by atoms with Gasteiger partial charge in [0.05, 0.1) is 7.11 Å². The van der Waals surface area contributed by atoms with E-state index < -0.39 is 10.1 Å². The van der Waals surface area contributed by atoms with Crippen LogP contribution in [0, 0.1) is 3.82 Å². The van der Waals surface area contributed by atoms with Gasteiger partial charge in [0.25, 0.3) is 10.1 Å². The van der Waals surface area contributed by atoms with Crippen molar-refractivity contribution in [1.82, 2.24) is 0 Å². The number of benzene rings is 1. The summed E-state index contributed by atoms with van der Waals surface area (Å²) >= 11 is 5.44. The van der Waals surface area contributed by atoms with Crippen LogP contribution in [0.4, 0.5) is 0 Å². The molecule has 0 aliphatic rings. The van der Waals surface area contributed by atoms with Crippen LogP contribution in [0.25, 0.3) is 11.1 Å². The van der Waals surface area contributed by atoms with Crippen molar-refractivity contribution < 1.29 is 17.7 Å². The van der Waals surface area contributed by atoms with Gasteiger partial charge in [0.15, 0.2) is 0 Å². The van der Waals surface area contributed by atoms with Crippen molar-refractivity contribution in [3.05, 3.63) is 26.9 Å². The Bertz CT molecular complexity index is 855. The molecule has 0 fully saturated rings. The molecule has 0 unspecified atom stereocenters. The SMILES string of the molecule is CCCCCCc1ssc(=S)c1-c1ccc(OC)c(S(=O)(=O)O)c1.[Na]. The summed E-state index contributed by atoms with van der Waals surface area (Å²) in [4.78, 5) is 0.942. The Hall–Kier alpha value is 0.200. The second-order valence-electron chi connectivity index (χ2n) is 5.40. The summed E-state index contributed by atoms with van der Waals surface area (Å²) in [7, 11) is 0.181. The molecule has 1 aromatic heterocycles. The molecule has 1 aromatic carbocycles. The molecule has 133 valence electrons. The summed E-state index contributed by atoms with van der Waals surface area (Å²) in [5, 5.41) is 0. The fraction of sp³-hybridized carbons (Fsp3) is 0.438. The van der Waals surface area contributed by atoms with Crippen LogP contribution >= 0.6 is 32.9 Å². The van der Waals surface area contributed by atoms with Crippen molar-refractivity contribution in [2.24, 2.45) is 0 Å². The number of hydrogen-bond acceptors (Lipinski definition) is 6. The summed E-state index contributed by atoms with van der Waals surface area (Å²) in [5.41, 5.74) is 1.61. The van der Waals surface area contributed by atoms with Crippen LogP contribution in [0.5, 0.6) is 5.75 Å². The van der Waals surface area contributed by atoms with E-state index >= 15 is 0 Å². The van der Waals surface area contributed by atoms with Crippen molar-refractivity contribution in [3.63, 3.8) is 0 Å². The standard InChI is InChI=1S/C16H20O4S4.Na/c1-3-4-5-6-7-13-15(16(21)23-22-13)11-8-9-12(20-2)14(10-11)24(17,18)19;/h8-10H,3-7H2,1-2H3,(H,17,18,19);. The quantitative estimate of drug-likeness (QED) is 0.206. The second-order valence-corrected chi connectivity index (χ2v) is 9.69. The molecule has 2 rings (SSSR count). The molecule has 0 bridgehead atoms. The molecule has 0 saturated carbocycles. The Balaban J connectivity index is 0.00000312. The van der Waals surface area contributed by atoms with Gasteiger partial charge in [0, 0.05) is 40.0 Å². The topological polar surface area (TPSA) is 63.6 Å². The third kappa shape index (κ3) is 6.10. The number of rotatable bonds is 8. The van der Waals surface area contributed by atoms with Crippen LogP contribution in [0.15, 0.2) is 23.1 Å². The van der Waals surface area contributed by atoms with E-state index in [9.17, 15) is 13.0 Å². The maximum atomic E-state index is 11.6. The molecule has 0 spiro atoms. The first-order valence-electron chi connectivity index (χ1n) is 7.66. The fourth-order valence-corrected chi connectivity index (χ4v) is 6.15. The van der Waals surface area contributed by atoms with Crippen molar-refractivity contribution in [3.8, 4) is 16.9 Å². The molecule has 25 heavy (non-hydrogen) atoms. The molecule has 0 saturated heterocycles. The maximum Gasteiger partial charge on any atom is 0.298 e. The first-order chi connectivity index (χ1) is 11.4. The zero-order chi connectivity index (χ0) is 17.7. The van der Waals surface area contributed by atoms with Gasteiger partial charge in [-0.1, -0.05) is 65.2 Å².